The van der Waals surface area contributed by atoms with Crippen LogP contribution in [0.4, 0.5) is 11.4 Å². The molecule has 0 fully saturated rings. The topological polar surface area (TPSA) is 84.8 Å². The molecule has 1 atom stereocenters. The van der Waals surface area contributed by atoms with E-state index in [-0.39, 0.29) is 11.7 Å². The molecule has 0 aliphatic carbocycles. The van der Waals surface area contributed by atoms with E-state index in [1.807, 2.05) is 35.3 Å². The van der Waals surface area contributed by atoms with Gasteiger partial charge in [0.15, 0.2) is 0 Å². The predicted molar refractivity (Wildman–Crippen MR) is 81.0 cm³/mol. The highest BCUT2D eigenvalue weighted by Gasteiger charge is 2.28. The lowest BCUT2D eigenvalue weighted by Crippen LogP contribution is -2.18. The van der Waals surface area contributed by atoms with Crippen LogP contribution >= 0.6 is 0 Å². The zero-order chi connectivity index (χ0) is 14.8. The Morgan fingerprint density at radius 3 is 2.43 bits per heavy atom. The molecule has 2 N–H and O–H groups in total. The Labute approximate surface area is 121 Å². The molecule has 0 unspecified atom stereocenters. The van der Waals surface area contributed by atoms with Crippen molar-refractivity contribution in [3.63, 3.8) is 0 Å². The van der Waals surface area contributed by atoms with Gasteiger partial charge in [-0.25, -0.2) is 0 Å². The van der Waals surface area contributed by atoms with E-state index in [1.165, 1.54) is 12.1 Å². The van der Waals surface area contributed by atoms with Crippen LogP contribution in [0.15, 0.2) is 59.7 Å². The van der Waals surface area contributed by atoms with Gasteiger partial charge in [0.05, 0.1) is 16.7 Å². The summed E-state index contributed by atoms with van der Waals surface area (Å²) in [6.45, 7) is 0. The van der Waals surface area contributed by atoms with E-state index in [2.05, 4.69) is 5.10 Å². The third-order valence-corrected chi connectivity index (χ3v) is 3.44. The molecule has 6 heteroatoms. The van der Waals surface area contributed by atoms with E-state index in [0.29, 0.717) is 12.3 Å². The summed E-state index contributed by atoms with van der Waals surface area (Å²) in [6, 6.07) is 16.3. The summed E-state index contributed by atoms with van der Waals surface area (Å²) in [7, 11) is 0. The van der Waals surface area contributed by atoms with E-state index in [4.69, 9.17) is 5.73 Å². The van der Waals surface area contributed by atoms with Crippen LogP contribution < -0.4 is 10.7 Å². The van der Waals surface area contributed by atoms with Crippen molar-refractivity contribution in [3.05, 3.63) is 70.3 Å². The number of hydrazone groups is 1. The Bertz CT molecular complexity index is 683. The Hall–Kier alpha value is -2.89. The fraction of sp³-hybridized carbons (Fsp3) is 0.133. The molecule has 0 amide bonds. The molecular weight excluding hydrogens is 268 g/mol. The fourth-order valence-electron chi connectivity index (χ4n) is 2.43. The number of rotatable bonds is 3. The summed E-state index contributed by atoms with van der Waals surface area (Å²) in [6.07, 6.45) is 0.640. The van der Waals surface area contributed by atoms with Crippen LogP contribution in [0, 0.1) is 10.1 Å². The Balaban J connectivity index is 1.93. The fourth-order valence-corrected chi connectivity index (χ4v) is 2.43. The molecule has 0 saturated carbocycles. The summed E-state index contributed by atoms with van der Waals surface area (Å²) < 4.78 is 0. The zero-order valence-corrected chi connectivity index (χ0v) is 11.2. The Morgan fingerprint density at radius 1 is 1.14 bits per heavy atom. The lowest BCUT2D eigenvalue weighted by molar-refractivity contribution is -0.384. The normalized spacial score (nSPS) is 17.6. The predicted octanol–water partition coefficient (Wildman–Crippen LogP) is 2.82. The van der Waals surface area contributed by atoms with Crippen molar-refractivity contribution in [3.8, 4) is 0 Å². The average Bonchev–Trinajstić information content (AvgIpc) is 2.90. The number of benzene rings is 2. The molecule has 6 nitrogen and oxygen atoms in total. The number of nitro benzene ring substituents is 1. The van der Waals surface area contributed by atoms with Gasteiger partial charge in [0.1, 0.15) is 5.84 Å². The third kappa shape index (κ3) is 2.55. The van der Waals surface area contributed by atoms with Crippen LogP contribution in [0.2, 0.25) is 0 Å². The number of anilines is 1. The summed E-state index contributed by atoms with van der Waals surface area (Å²) in [5.74, 6) is 0.558. The number of nitrogens with two attached hydrogens (primary N) is 1. The highest BCUT2D eigenvalue weighted by atomic mass is 16.6. The first-order chi connectivity index (χ1) is 10.1. The summed E-state index contributed by atoms with van der Waals surface area (Å²) in [4.78, 5) is 10.3. The molecule has 3 rings (SSSR count). The highest BCUT2D eigenvalue weighted by Crippen LogP contribution is 2.34. The molecule has 1 aliphatic heterocycles. The van der Waals surface area contributed by atoms with Gasteiger partial charge in [-0.2, -0.15) is 5.10 Å². The SMILES string of the molecule is NC1=NN(c2ccc([N+](=O)[O-])cc2)[C@H](c2ccccc2)C1. The van der Waals surface area contributed by atoms with Crippen molar-refractivity contribution in [2.24, 2.45) is 10.8 Å². The van der Waals surface area contributed by atoms with Crippen molar-refractivity contribution >= 4 is 17.2 Å². The highest BCUT2D eigenvalue weighted by molar-refractivity contribution is 5.85. The lowest BCUT2D eigenvalue weighted by atomic mass is 10.0. The molecule has 0 aromatic heterocycles. The minimum absolute atomic E-state index is 0.0210. The van der Waals surface area contributed by atoms with Crippen LogP contribution in [0.5, 0.6) is 0 Å². The van der Waals surface area contributed by atoms with Gasteiger partial charge >= 0.3 is 0 Å². The minimum Gasteiger partial charge on any atom is -0.386 e. The second kappa shape index (κ2) is 5.24. The summed E-state index contributed by atoms with van der Waals surface area (Å²) in [5.41, 5.74) is 7.83. The monoisotopic (exact) mass is 282 g/mol. The number of nitro groups is 1. The molecular formula is C15H14N4O2. The number of hydrogen-bond donors (Lipinski definition) is 1. The first-order valence-corrected chi connectivity index (χ1v) is 6.57. The maximum Gasteiger partial charge on any atom is 0.269 e. The van der Waals surface area contributed by atoms with Crippen LogP contribution in [0.1, 0.15) is 18.0 Å². The van der Waals surface area contributed by atoms with E-state index >= 15 is 0 Å². The van der Waals surface area contributed by atoms with E-state index in [0.717, 1.165) is 11.3 Å². The van der Waals surface area contributed by atoms with Gasteiger partial charge in [-0.3, -0.25) is 15.1 Å². The molecule has 1 heterocycles. The van der Waals surface area contributed by atoms with E-state index in [1.54, 1.807) is 12.1 Å². The van der Waals surface area contributed by atoms with Crippen LogP contribution in [0.25, 0.3) is 0 Å². The van der Waals surface area contributed by atoms with Crippen molar-refractivity contribution in [2.75, 3.05) is 5.01 Å². The number of non-ortho nitro benzene ring substituents is 1. The minimum atomic E-state index is -0.417. The summed E-state index contributed by atoms with van der Waals surface area (Å²) >= 11 is 0. The quantitative estimate of drug-likeness (QED) is 0.693. The molecule has 0 saturated heterocycles. The largest absolute Gasteiger partial charge is 0.386 e. The van der Waals surface area contributed by atoms with E-state index in [9.17, 15) is 10.1 Å². The molecule has 2 aromatic carbocycles. The van der Waals surface area contributed by atoms with Gasteiger partial charge in [-0.15, -0.1) is 0 Å². The summed E-state index contributed by atoms with van der Waals surface area (Å²) in [5, 5.41) is 16.9. The Kier molecular flexibility index (Phi) is 3.27. The molecule has 2 aromatic rings. The van der Waals surface area contributed by atoms with Gasteiger partial charge in [0.25, 0.3) is 5.69 Å². The molecule has 0 radical (unpaired) electrons. The standard InChI is InChI=1S/C15H14N4O2/c16-15-10-14(11-4-2-1-3-5-11)18(17-15)12-6-8-13(9-7-12)19(20)21/h1-9,14H,10H2,(H2,16,17)/t14-/m0/s1. The number of nitrogens with zero attached hydrogens (tertiary/aromatic N) is 3. The van der Waals surface area contributed by atoms with Gasteiger partial charge in [-0.1, -0.05) is 30.3 Å². The molecule has 0 bridgehead atoms. The van der Waals surface area contributed by atoms with Crippen LogP contribution in [-0.2, 0) is 0 Å². The molecule has 21 heavy (non-hydrogen) atoms. The van der Waals surface area contributed by atoms with Crippen molar-refractivity contribution in [1.29, 1.82) is 0 Å². The van der Waals surface area contributed by atoms with Crippen molar-refractivity contribution in [1.82, 2.24) is 0 Å². The smallest absolute Gasteiger partial charge is 0.269 e. The Morgan fingerprint density at radius 2 is 1.81 bits per heavy atom. The third-order valence-electron chi connectivity index (χ3n) is 3.44. The first-order valence-electron chi connectivity index (χ1n) is 6.57. The number of amidine groups is 1. The zero-order valence-electron chi connectivity index (χ0n) is 11.2. The second-order valence-electron chi connectivity index (χ2n) is 4.84. The maximum absolute atomic E-state index is 10.7. The lowest BCUT2D eigenvalue weighted by Gasteiger charge is -2.23. The van der Waals surface area contributed by atoms with Gasteiger partial charge in [0.2, 0.25) is 0 Å². The molecule has 1 aliphatic rings. The van der Waals surface area contributed by atoms with Gasteiger partial charge in [-0.05, 0) is 17.7 Å². The molecule has 106 valence electrons. The van der Waals surface area contributed by atoms with Gasteiger partial charge < -0.3 is 5.73 Å². The maximum atomic E-state index is 10.7. The van der Waals surface area contributed by atoms with Crippen molar-refractivity contribution < 1.29 is 4.92 Å². The average molecular weight is 282 g/mol. The number of hydrogen-bond acceptors (Lipinski definition) is 5. The van der Waals surface area contributed by atoms with Crippen molar-refractivity contribution in [2.45, 2.75) is 12.5 Å². The van der Waals surface area contributed by atoms with Gasteiger partial charge in [0, 0.05) is 18.6 Å². The first kappa shape index (κ1) is 13.1. The second-order valence-corrected chi connectivity index (χ2v) is 4.84. The van der Waals surface area contributed by atoms with E-state index < -0.39 is 4.92 Å². The molecule has 0 spiro atoms. The van der Waals surface area contributed by atoms with Crippen LogP contribution in [-0.4, -0.2) is 10.8 Å². The van der Waals surface area contributed by atoms with Crippen LogP contribution in [0.3, 0.4) is 0 Å².